The monoisotopic (exact) mass is 314 g/mol. The van der Waals surface area contributed by atoms with Crippen LogP contribution in [0.4, 0.5) is 0 Å². The fraction of sp³-hybridized carbons (Fsp3) is 0.263. The summed E-state index contributed by atoms with van der Waals surface area (Å²) in [5, 5.41) is 0.750. The lowest BCUT2D eigenvalue weighted by Gasteiger charge is -2.28. The van der Waals surface area contributed by atoms with Crippen LogP contribution in [0.3, 0.4) is 0 Å². The van der Waals surface area contributed by atoms with E-state index in [0.29, 0.717) is 19.1 Å². The van der Waals surface area contributed by atoms with Crippen LogP contribution in [0, 0.1) is 5.92 Å². The molecule has 1 fully saturated rings. The van der Waals surface area contributed by atoms with Gasteiger partial charge in [-0.05, 0) is 30.2 Å². The summed E-state index contributed by atoms with van der Waals surface area (Å²) in [6, 6.07) is 16.1. The SMILES string of the molecule is C/C=C/C1COC(c2ccc(-c3ccc(Cl)cc3)cc2)OC1. The summed E-state index contributed by atoms with van der Waals surface area (Å²) in [7, 11) is 0. The van der Waals surface area contributed by atoms with Crippen molar-refractivity contribution in [3.05, 3.63) is 71.3 Å². The van der Waals surface area contributed by atoms with Crippen molar-refractivity contribution in [2.45, 2.75) is 13.2 Å². The van der Waals surface area contributed by atoms with Crippen LogP contribution in [0.5, 0.6) is 0 Å². The Hall–Kier alpha value is -1.61. The third kappa shape index (κ3) is 3.58. The van der Waals surface area contributed by atoms with Gasteiger partial charge in [0.2, 0.25) is 0 Å². The van der Waals surface area contributed by atoms with Crippen LogP contribution >= 0.6 is 11.6 Å². The number of allylic oxidation sites excluding steroid dienone is 1. The molecule has 2 aromatic carbocycles. The van der Waals surface area contributed by atoms with E-state index < -0.39 is 0 Å². The maximum absolute atomic E-state index is 5.92. The summed E-state index contributed by atoms with van der Waals surface area (Å²) in [4.78, 5) is 0. The van der Waals surface area contributed by atoms with Crippen molar-refractivity contribution < 1.29 is 9.47 Å². The minimum Gasteiger partial charge on any atom is -0.348 e. The van der Waals surface area contributed by atoms with E-state index in [-0.39, 0.29) is 6.29 Å². The molecule has 0 N–H and O–H groups in total. The Morgan fingerprint density at radius 3 is 2.00 bits per heavy atom. The average molecular weight is 315 g/mol. The maximum atomic E-state index is 5.92. The molecule has 1 aliphatic heterocycles. The van der Waals surface area contributed by atoms with Gasteiger partial charge in [-0.15, -0.1) is 0 Å². The molecule has 22 heavy (non-hydrogen) atoms. The lowest BCUT2D eigenvalue weighted by atomic mass is 10.0. The molecule has 2 nitrogen and oxygen atoms in total. The van der Waals surface area contributed by atoms with Crippen molar-refractivity contribution in [2.24, 2.45) is 5.92 Å². The van der Waals surface area contributed by atoms with Crippen molar-refractivity contribution >= 4 is 11.6 Å². The van der Waals surface area contributed by atoms with E-state index in [9.17, 15) is 0 Å². The predicted octanol–water partition coefficient (Wildman–Crippen LogP) is 5.24. The van der Waals surface area contributed by atoms with E-state index in [4.69, 9.17) is 21.1 Å². The van der Waals surface area contributed by atoms with Crippen molar-refractivity contribution in [3.8, 4) is 11.1 Å². The number of hydrogen-bond acceptors (Lipinski definition) is 2. The predicted molar refractivity (Wildman–Crippen MR) is 89.8 cm³/mol. The van der Waals surface area contributed by atoms with E-state index >= 15 is 0 Å². The zero-order valence-electron chi connectivity index (χ0n) is 12.5. The van der Waals surface area contributed by atoms with Gasteiger partial charge in [-0.1, -0.05) is 60.2 Å². The molecule has 0 spiro atoms. The normalized spacial score (nSPS) is 22.1. The highest BCUT2D eigenvalue weighted by atomic mass is 35.5. The van der Waals surface area contributed by atoms with Crippen molar-refractivity contribution in [2.75, 3.05) is 13.2 Å². The third-order valence-electron chi connectivity index (χ3n) is 3.75. The van der Waals surface area contributed by atoms with Gasteiger partial charge in [-0.3, -0.25) is 0 Å². The molecule has 1 saturated heterocycles. The molecule has 0 bridgehead atoms. The average Bonchev–Trinajstić information content (AvgIpc) is 2.57. The highest BCUT2D eigenvalue weighted by molar-refractivity contribution is 6.30. The molecule has 3 heteroatoms. The third-order valence-corrected chi connectivity index (χ3v) is 4.00. The Bertz CT molecular complexity index is 623. The van der Waals surface area contributed by atoms with Gasteiger partial charge in [0.1, 0.15) is 0 Å². The first-order valence-electron chi connectivity index (χ1n) is 7.48. The molecule has 0 unspecified atom stereocenters. The Morgan fingerprint density at radius 2 is 1.45 bits per heavy atom. The second-order valence-electron chi connectivity index (χ2n) is 5.41. The number of benzene rings is 2. The molecular formula is C19H19ClO2. The van der Waals surface area contributed by atoms with Crippen LogP contribution in [0.25, 0.3) is 11.1 Å². The largest absolute Gasteiger partial charge is 0.348 e. The minimum absolute atomic E-state index is 0.263. The zero-order valence-corrected chi connectivity index (χ0v) is 13.3. The molecule has 1 heterocycles. The lowest BCUT2D eigenvalue weighted by molar-refractivity contribution is -0.197. The molecule has 2 aromatic rings. The summed E-state index contributed by atoms with van der Waals surface area (Å²) >= 11 is 5.92. The highest BCUT2D eigenvalue weighted by Crippen LogP contribution is 2.28. The smallest absolute Gasteiger partial charge is 0.183 e. The van der Waals surface area contributed by atoms with E-state index in [0.717, 1.165) is 21.7 Å². The molecule has 0 amide bonds. The summed E-state index contributed by atoms with van der Waals surface area (Å²) in [5.74, 6) is 0.356. The number of rotatable bonds is 3. The van der Waals surface area contributed by atoms with Gasteiger partial charge in [0, 0.05) is 16.5 Å². The van der Waals surface area contributed by atoms with Gasteiger partial charge in [-0.2, -0.15) is 0 Å². The van der Waals surface area contributed by atoms with Gasteiger partial charge in [0.05, 0.1) is 13.2 Å². The number of hydrogen-bond donors (Lipinski definition) is 0. The van der Waals surface area contributed by atoms with Gasteiger partial charge in [0.25, 0.3) is 0 Å². The second-order valence-corrected chi connectivity index (χ2v) is 5.85. The molecule has 0 atom stereocenters. The highest BCUT2D eigenvalue weighted by Gasteiger charge is 2.21. The summed E-state index contributed by atoms with van der Waals surface area (Å²) in [6.07, 6.45) is 3.90. The van der Waals surface area contributed by atoms with Crippen molar-refractivity contribution in [3.63, 3.8) is 0 Å². The molecule has 1 aliphatic rings. The molecule has 0 aromatic heterocycles. The lowest BCUT2D eigenvalue weighted by Crippen LogP contribution is -2.25. The quantitative estimate of drug-likeness (QED) is 0.721. The van der Waals surface area contributed by atoms with Gasteiger partial charge in [-0.25, -0.2) is 0 Å². The standard InChI is InChI=1S/C19H19ClO2/c1-2-3-14-12-21-19(22-13-14)17-6-4-15(5-7-17)16-8-10-18(20)11-9-16/h2-11,14,19H,12-13H2,1H3/b3-2+. The Balaban J connectivity index is 1.68. The Morgan fingerprint density at radius 1 is 0.909 bits per heavy atom. The van der Waals surface area contributed by atoms with E-state index in [1.54, 1.807) is 0 Å². The van der Waals surface area contributed by atoms with Gasteiger partial charge >= 0.3 is 0 Å². The van der Waals surface area contributed by atoms with Crippen molar-refractivity contribution in [1.29, 1.82) is 0 Å². The summed E-state index contributed by atoms with van der Waals surface area (Å²) in [5.41, 5.74) is 3.36. The Kier molecular flexibility index (Phi) is 4.94. The van der Waals surface area contributed by atoms with E-state index in [2.05, 4.69) is 30.3 Å². The fourth-order valence-corrected chi connectivity index (χ4v) is 2.69. The van der Waals surface area contributed by atoms with Crippen LogP contribution in [-0.4, -0.2) is 13.2 Å². The topological polar surface area (TPSA) is 18.5 Å². The molecule has 0 radical (unpaired) electrons. The maximum Gasteiger partial charge on any atom is 0.183 e. The van der Waals surface area contributed by atoms with Crippen LogP contribution in [0.1, 0.15) is 18.8 Å². The molecular weight excluding hydrogens is 296 g/mol. The first-order valence-corrected chi connectivity index (χ1v) is 7.86. The fourth-order valence-electron chi connectivity index (χ4n) is 2.57. The molecule has 0 aliphatic carbocycles. The van der Waals surface area contributed by atoms with Crippen LogP contribution in [0.15, 0.2) is 60.7 Å². The van der Waals surface area contributed by atoms with E-state index in [1.165, 1.54) is 0 Å². The minimum atomic E-state index is -0.263. The summed E-state index contributed by atoms with van der Waals surface area (Å²) < 4.78 is 11.6. The van der Waals surface area contributed by atoms with Gasteiger partial charge in [0.15, 0.2) is 6.29 Å². The first kappa shape index (κ1) is 15.3. The van der Waals surface area contributed by atoms with Crippen LogP contribution < -0.4 is 0 Å². The molecule has 3 rings (SSSR count). The Labute approximate surface area is 136 Å². The van der Waals surface area contributed by atoms with Crippen LogP contribution in [0.2, 0.25) is 5.02 Å². The van der Waals surface area contributed by atoms with Crippen LogP contribution in [-0.2, 0) is 9.47 Å². The summed E-state index contributed by atoms with van der Waals surface area (Å²) in [6.45, 7) is 3.42. The van der Waals surface area contributed by atoms with E-state index in [1.807, 2.05) is 37.3 Å². The zero-order chi connectivity index (χ0) is 15.4. The first-order chi connectivity index (χ1) is 10.8. The van der Waals surface area contributed by atoms with Crippen molar-refractivity contribution in [1.82, 2.24) is 0 Å². The molecule has 0 saturated carbocycles. The van der Waals surface area contributed by atoms with Gasteiger partial charge < -0.3 is 9.47 Å². The second kappa shape index (κ2) is 7.10. The number of ether oxygens (including phenoxy) is 2. The molecule has 114 valence electrons. The number of halogens is 1.